The first-order valence-corrected chi connectivity index (χ1v) is 10.8. The molecule has 4 N–H and O–H groups in total. The van der Waals surface area contributed by atoms with Crippen molar-refractivity contribution in [1.29, 1.82) is 0 Å². The van der Waals surface area contributed by atoms with Crippen molar-refractivity contribution >= 4 is 18.0 Å². The Morgan fingerprint density at radius 1 is 1.18 bits per heavy atom. The number of carbonyl (C=O) groups excluding carboxylic acids is 1. The molecule has 3 heterocycles. The molecule has 0 aliphatic carbocycles. The summed E-state index contributed by atoms with van der Waals surface area (Å²) in [7, 11) is 0. The van der Waals surface area contributed by atoms with Crippen LogP contribution in [0.3, 0.4) is 0 Å². The Morgan fingerprint density at radius 3 is 2.85 bits per heavy atom. The normalized spacial score (nSPS) is 15.4. The number of rotatable bonds is 6. The summed E-state index contributed by atoms with van der Waals surface area (Å²) >= 11 is 0. The first-order chi connectivity index (χ1) is 16.1. The fourth-order valence-corrected chi connectivity index (χ4v) is 4.26. The monoisotopic (exact) mass is 443 g/mol. The van der Waals surface area contributed by atoms with Gasteiger partial charge in [-0.25, -0.2) is 20.6 Å². The van der Waals surface area contributed by atoms with Crippen LogP contribution < -0.4 is 16.7 Å². The van der Waals surface area contributed by atoms with Gasteiger partial charge in [0.25, 0.3) is 0 Å². The highest BCUT2D eigenvalue weighted by atomic mass is 16.5. The zero-order valence-electron chi connectivity index (χ0n) is 18.1. The third-order valence-electron chi connectivity index (χ3n) is 6.09. The predicted octanol–water partition coefficient (Wildman–Crippen LogP) is 2.00. The highest BCUT2D eigenvalue weighted by Crippen LogP contribution is 2.24. The highest BCUT2D eigenvalue weighted by molar-refractivity contribution is 5.93. The third kappa shape index (κ3) is 4.41. The topological polar surface area (TPSA) is 123 Å². The van der Waals surface area contributed by atoms with Crippen LogP contribution in [-0.2, 0) is 30.7 Å². The summed E-state index contributed by atoms with van der Waals surface area (Å²) in [5, 5.41) is 4.77. The molecule has 9 nitrogen and oxygen atoms in total. The molecule has 33 heavy (non-hydrogen) atoms. The van der Waals surface area contributed by atoms with Crippen molar-refractivity contribution in [1.82, 2.24) is 14.9 Å². The number of hydrogen-bond donors (Lipinski definition) is 2. The molecular formula is C24H25N7O2. The maximum absolute atomic E-state index is 11.6. The third-order valence-corrected chi connectivity index (χ3v) is 6.09. The minimum Gasteiger partial charge on any atom is -0.457 e. The average Bonchev–Trinajstić information content (AvgIpc) is 3.22. The lowest BCUT2D eigenvalue weighted by molar-refractivity contribution is 0.0535. The molecule has 0 radical (unpaired) electrons. The van der Waals surface area contributed by atoms with Crippen LogP contribution in [0.25, 0.3) is 11.4 Å². The van der Waals surface area contributed by atoms with Crippen LogP contribution in [0.15, 0.2) is 53.8 Å². The molecule has 0 saturated heterocycles. The van der Waals surface area contributed by atoms with Crippen molar-refractivity contribution in [2.75, 3.05) is 18.1 Å². The molecule has 0 saturated carbocycles. The van der Waals surface area contributed by atoms with Crippen LogP contribution in [0.1, 0.15) is 32.7 Å². The van der Waals surface area contributed by atoms with Crippen LogP contribution in [0.4, 0.5) is 5.69 Å². The van der Waals surface area contributed by atoms with Gasteiger partial charge in [0.1, 0.15) is 12.9 Å². The lowest BCUT2D eigenvalue weighted by Crippen LogP contribution is -2.33. The van der Waals surface area contributed by atoms with E-state index in [1.807, 2.05) is 42.6 Å². The Hall–Kier alpha value is -3.82. The Morgan fingerprint density at radius 2 is 2.03 bits per heavy atom. The standard InChI is InChI=1S/C24H25N7O2/c25-28-15-31(26)20-4-2-17(3-5-20)23-27-12-19-13-30(10-8-22(19)29-23)9-7-16-1-6-21-18(11-16)14-33-24(21)32/h1-6,11-12,15H,7-10,13-14,25-26H2/b28-15-. The molecule has 0 bridgehead atoms. The van der Waals surface area contributed by atoms with E-state index in [9.17, 15) is 4.79 Å². The second-order valence-corrected chi connectivity index (χ2v) is 8.23. The predicted molar refractivity (Wildman–Crippen MR) is 125 cm³/mol. The number of nitrogens with two attached hydrogens (primary N) is 2. The number of ether oxygens (including phenoxy) is 1. The summed E-state index contributed by atoms with van der Waals surface area (Å²) in [4.78, 5) is 23.5. The highest BCUT2D eigenvalue weighted by Gasteiger charge is 2.22. The second kappa shape index (κ2) is 8.97. The van der Waals surface area contributed by atoms with Crippen molar-refractivity contribution in [3.8, 4) is 11.4 Å². The van der Waals surface area contributed by atoms with Crippen molar-refractivity contribution < 1.29 is 9.53 Å². The number of fused-ring (bicyclic) bond motifs is 2. The lowest BCUT2D eigenvalue weighted by Gasteiger charge is -2.28. The van der Waals surface area contributed by atoms with Crippen molar-refractivity contribution in [2.45, 2.75) is 26.0 Å². The van der Waals surface area contributed by atoms with Crippen LogP contribution in [-0.4, -0.2) is 40.3 Å². The minimum absolute atomic E-state index is 0.220. The van der Waals surface area contributed by atoms with Gasteiger partial charge in [-0.05, 0) is 42.3 Å². The SMILES string of the molecule is N/N=C\N(N)c1ccc(-c2ncc3c(n2)CCN(CCc2ccc4c(c2)COC4=O)C3)cc1. The first kappa shape index (κ1) is 21.0. The number of carbonyl (C=O) groups is 1. The number of nitrogens with zero attached hydrogens (tertiary/aromatic N) is 5. The molecular weight excluding hydrogens is 418 g/mol. The van der Waals surface area contributed by atoms with E-state index < -0.39 is 0 Å². The molecule has 0 atom stereocenters. The number of benzene rings is 2. The Labute approximate surface area is 191 Å². The number of esters is 1. The Balaban J connectivity index is 1.22. The van der Waals surface area contributed by atoms with Gasteiger partial charge in [-0.3, -0.25) is 9.91 Å². The fraction of sp³-hybridized carbons (Fsp3) is 0.250. The van der Waals surface area contributed by atoms with E-state index in [4.69, 9.17) is 21.4 Å². The van der Waals surface area contributed by atoms with Crippen molar-refractivity contribution in [3.63, 3.8) is 0 Å². The maximum Gasteiger partial charge on any atom is 0.338 e. The summed E-state index contributed by atoms with van der Waals surface area (Å²) in [6.45, 7) is 3.11. The van der Waals surface area contributed by atoms with E-state index in [1.165, 1.54) is 22.5 Å². The molecule has 0 fully saturated rings. The Bertz CT molecular complexity index is 1210. The number of hydrazine groups is 1. The van der Waals surface area contributed by atoms with Crippen molar-refractivity contribution in [3.05, 3.63) is 76.6 Å². The van der Waals surface area contributed by atoms with Crippen LogP contribution in [0.5, 0.6) is 0 Å². The fourth-order valence-electron chi connectivity index (χ4n) is 4.26. The first-order valence-electron chi connectivity index (χ1n) is 10.8. The van der Waals surface area contributed by atoms with E-state index in [1.54, 1.807) is 0 Å². The number of cyclic esters (lactones) is 1. The van der Waals surface area contributed by atoms with Gasteiger partial charge in [0.05, 0.1) is 16.9 Å². The largest absolute Gasteiger partial charge is 0.457 e. The van der Waals surface area contributed by atoms with E-state index in [0.29, 0.717) is 18.0 Å². The van der Waals surface area contributed by atoms with Gasteiger partial charge in [-0.1, -0.05) is 12.1 Å². The molecule has 2 aromatic carbocycles. The summed E-state index contributed by atoms with van der Waals surface area (Å²) in [6.07, 6.45) is 5.09. The smallest absolute Gasteiger partial charge is 0.338 e. The van der Waals surface area contributed by atoms with Gasteiger partial charge < -0.3 is 10.6 Å². The number of aromatic nitrogens is 2. The lowest BCUT2D eigenvalue weighted by atomic mass is 10.0. The van der Waals surface area contributed by atoms with Crippen LogP contribution in [0.2, 0.25) is 0 Å². The molecule has 9 heteroatoms. The summed E-state index contributed by atoms with van der Waals surface area (Å²) < 4.78 is 5.10. The minimum atomic E-state index is -0.220. The zero-order valence-corrected chi connectivity index (χ0v) is 18.1. The molecule has 1 aromatic heterocycles. The van der Waals surface area contributed by atoms with Gasteiger partial charge in [0.15, 0.2) is 5.82 Å². The molecule has 0 unspecified atom stereocenters. The molecule has 168 valence electrons. The summed E-state index contributed by atoms with van der Waals surface area (Å²) in [5.74, 6) is 11.5. The van der Waals surface area contributed by atoms with Gasteiger partial charge in [-0.2, -0.15) is 5.10 Å². The van der Waals surface area contributed by atoms with Gasteiger partial charge in [0, 0.05) is 48.9 Å². The van der Waals surface area contributed by atoms with Crippen LogP contribution in [0, 0.1) is 0 Å². The Kier molecular flexibility index (Phi) is 5.72. The molecule has 5 rings (SSSR count). The van der Waals surface area contributed by atoms with E-state index in [2.05, 4.69) is 21.1 Å². The molecule has 3 aromatic rings. The number of hydrazone groups is 1. The van der Waals surface area contributed by atoms with Gasteiger partial charge >= 0.3 is 5.97 Å². The summed E-state index contributed by atoms with van der Waals surface area (Å²) in [5.41, 5.74) is 6.87. The van der Waals surface area contributed by atoms with Gasteiger partial charge in [0.2, 0.25) is 0 Å². The molecule has 0 amide bonds. The number of hydrogen-bond acceptors (Lipinski definition) is 8. The van der Waals surface area contributed by atoms with Crippen LogP contribution >= 0.6 is 0 Å². The summed E-state index contributed by atoms with van der Waals surface area (Å²) in [6, 6.07) is 13.6. The van der Waals surface area contributed by atoms with Gasteiger partial charge in [-0.15, -0.1) is 0 Å². The number of anilines is 1. The van der Waals surface area contributed by atoms with E-state index >= 15 is 0 Å². The molecule has 0 spiro atoms. The molecule has 2 aliphatic heterocycles. The zero-order chi connectivity index (χ0) is 22.8. The van der Waals surface area contributed by atoms with E-state index in [-0.39, 0.29) is 5.97 Å². The maximum atomic E-state index is 11.6. The van der Waals surface area contributed by atoms with Crippen molar-refractivity contribution in [2.24, 2.45) is 16.8 Å². The average molecular weight is 444 g/mol. The van der Waals surface area contributed by atoms with E-state index in [0.717, 1.165) is 55.0 Å². The second-order valence-electron chi connectivity index (χ2n) is 8.23. The molecule has 2 aliphatic rings. The quantitative estimate of drug-likeness (QED) is 0.195.